The van der Waals surface area contributed by atoms with Crippen molar-refractivity contribution in [3.05, 3.63) is 68.3 Å². The van der Waals surface area contributed by atoms with Crippen LogP contribution in [0.25, 0.3) is 26.6 Å². The first-order valence-corrected chi connectivity index (χ1v) is 11.4. The van der Waals surface area contributed by atoms with Crippen LogP contribution < -0.4 is 0 Å². The number of aryl methyl sites for hydroxylation is 1. The average molecular weight is 457 g/mol. The van der Waals surface area contributed by atoms with E-state index in [9.17, 15) is 19.4 Å². The van der Waals surface area contributed by atoms with E-state index in [2.05, 4.69) is 4.98 Å². The molecule has 0 fully saturated rings. The highest BCUT2D eigenvalue weighted by molar-refractivity contribution is 7.20. The summed E-state index contributed by atoms with van der Waals surface area (Å²) in [6.07, 6.45) is 0. The molecule has 0 spiro atoms. The van der Waals surface area contributed by atoms with Crippen LogP contribution in [-0.4, -0.2) is 25.5 Å². The van der Waals surface area contributed by atoms with Gasteiger partial charge in [0.1, 0.15) is 5.82 Å². The van der Waals surface area contributed by atoms with Crippen LogP contribution >= 0.6 is 34.0 Å². The number of fused-ring (bicyclic) bond motifs is 1. The first-order chi connectivity index (χ1) is 14.4. The Morgan fingerprint density at radius 3 is 2.67 bits per heavy atom. The Balaban J connectivity index is 1.80. The summed E-state index contributed by atoms with van der Waals surface area (Å²) in [6.45, 7) is 1.89. The quantitative estimate of drug-likeness (QED) is 0.327. The first kappa shape index (κ1) is 19.0. The summed E-state index contributed by atoms with van der Waals surface area (Å²) in [4.78, 5) is 19.2. The minimum atomic E-state index is -0.502. The molecule has 5 rings (SSSR count). The zero-order valence-electron chi connectivity index (χ0n) is 15.4. The highest BCUT2D eigenvalue weighted by Gasteiger charge is 2.31. The maximum Gasteiger partial charge on any atom is 0.242 e. The van der Waals surface area contributed by atoms with Gasteiger partial charge in [0.2, 0.25) is 11.7 Å². The fourth-order valence-electron chi connectivity index (χ4n) is 3.28. The summed E-state index contributed by atoms with van der Waals surface area (Å²) >= 11 is 3.91. The minimum Gasteiger partial charge on any atom is -0.503 e. The molecule has 4 heterocycles. The number of hydrogen-bond acceptors (Lipinski definition) is 7. The highest BCUT2D eigenvalue weighted by Crippen LogP contribution is 2.46. The van der Waals surface area contributed by atoms with E-state index in [-0.39, 0.29) is 17.2 Å². The number of aromatic hydroxyl groups is 2. The molecule has 150 valence electrons. The SMILES string of the molecule is Cc1ccc(C(=O)c2c(O)c(O)n(-c3nc4ccc(F)cc4s3)c2-c2ccsc2)s1. The van der Waals surface area contributed by atoms with Crippen molar-refractivity contribution in [1.29, 1.82) is 0 Å². The second kappa shape index (κ2) is 7.05. The summed E-state index contributed by atoms with van der Waals surface area (Å²) < 4.78 is 15.6. The molecule has 0 aliphatic heterocycles. The standard InChI is InChI=1S/C21H13FN2O3S3/c1-10-2-5-14(29-10)18(25)16-17(11-6-7-28-9-11)24(20(27)19(16)26)21-23-13-4-3-12(22)8-15(13)30-21/h2-9,26-27H,1H3. The molecule has 0 aliphatic rings. The molecule has 30 heavy (non-hydrogen) atoms. The molecule has 5 aromatic rings. The summed E-state index contributed by atoms with van der Waals surface area (Å²) in [5, 5.41) is 25.5. The molecule has 0 atom stereocenters. The Labute approximate surface area is 181 Å². The fraction of sp³-hybridized carbons (Fsp3) is 0.0476. The predicted octanol–water partition coefficient (Wildman–Crippen LogP) is 5.97. The van der Waals surface area contributed by atoms with Crippen molar-refractivity contribution in [2.45, 2.75) is 6.92 Å². The lowest BCUT2D eigenvalue weighted by Gasteiger charge is -2.07. The van der Waals surface area contributed by atoms with Gasteiger partial charge < -0.3 is 10.2 Å². The largest absolute Gasteiger partial charge is 0.503 e. The Kier molecular flexibility index (Phi) is 4.46. The number of aromatic nitrogens is 2. The number of hydrogen-bond donors (Lipinski definition) is 2. The minimum absolute atomic E-state index is 0.0122. The van der Waals surface area contributed by atoms with E-state index in [1.165, 1.54) is 39.4 Å². The Bertz CT molecular complexity index is 1410. The number of carbonyl (C=O) groups excluding carboxylic acids is 1. The van der Waals surface area contributed by atoms with Crippen molar-refractivity contribution in [2.75, 3.05) is 0 Å². The van der Waals surface area contributed by atoms with Crippen LogP contribution in [0.3, 0.4) is 0 Å². The topological polar surface area (TPSA) is 75.3 Å². The molecule has 4 aromatic heterocycles. The normalized spacial score (nSPS) is 11.4. The fourth-order valence-corrected chi connectivity index (χ4v) is 5.74. The number of halogens is 1. The molecule has 5 nitrogen and oxygen atoms in total. The van der Waals surface area contributed by atoms with Gasteiger partial charge in [-0.05, 0) is 48.7 Å². The van der Waals surface area contributed by atoms with Crippen molar-refractivity contribution < 1.29 is 19.4 Å². The lowest BCUT2D eigenvalue weighted by molar-refractivity contribution is 0.104. The lowest BCUT2D eigenvalue weighted by atomic mass is 10.1. The Morgan fingerprint density at radius 2 is 1.97 bits per heavy atom. The van der Waals surface area contributed by atoms with Gasteiger partial charge in [-0.2, -0.15) is 11.3 Å². The van der Waals surface area contributed by atoms with Crippen LogP contribution in [-0.2, 0) is 0 Å². The van der Waals surface area contributed by atoms with E-state index in [0.29, 0.717) is 31.5 Å². The summed E-state index contributed by atoms with van der Waals surface area (Å²) in [7, 11) is 0. The van der Waals surface area contributed by atoms with Crippen molar-refractivity contribution in [2.24, 2.45) is 0 Å². The monoisotopic (exact) mass is 456 g/mol. The molecular formula is C21H13FN2O3S3. The van der Waals surface area contributed by atoms with Crippen LogP contribution in [0.1, 0.15) is 20.1 Å². The van der Waals surface area contributed by atoms with Gasteiger partial charge in [-0.25, -0.2) is 9.37 Å². The van der Waals surface area contributed by atoms with Crippen molar-refractivity contribution >= 4 is 50.0 Å². The van der Waals surface area contributed by atoms with Crippen LogP contribution in [0.2, 0.25) is 0 Å². The molecule has 0 amide bonds. The predicted molar refractivity (Wildman–Crippen MR) is 118 cm³/mol. The molecule has 0 radical (unpaired) electrons. The molecule has 9 heteroatoms. The smallest absolute Gasteiger partial charge is 0.242 e. The second-order valence-corrected chi connectivity index (χ2v) is 9.67. The number of benzene rings is 1. The Morgan fingerprint density at radius 1 is 1.13 bits per heavy atom. The van der Waals surface area contributed by atoms with Gasteiger partial charge in [-0.1, -0.05) is 11.3 Å². The maximum atomic E-state index is 13.6. The third-order valence-electron chi connectivity index (χ3n) is 4.64. The van der Waals surface area contributed by atoms with Crippen LogP contribution in [0.15, 0.2) is 47.2 Å². The summed E-state index contributed by atoms with van der Waals surface area (Å²) in [5.41, 5.74) is 1.58. The third kappa shape index (κ3) is 2.94. The molecular weight excluding hydrogens is 443 g/mol. The zero-order chi connectivity index (χ0) is 21.0. The van der Waals surface area contributed by atoms with Gasteiger partial charge in [0.05, 0.1) is 26.4 Å². The van der Waals surface area contributed by atoms with Crippen molar-refractivity contribution in [3.8, 4) is 28.0 Å². The van der Waals surface area contributed by atoms with Gasteiger partial charge in [0.15, 0.2) is 10.9 Å². The first-order valence-electron chi connectivity index (χ1n) is 8.81. The highest BCUT2D eigenvalue weighted by atomic mass is 32.1. The van der Waals surface area contributed by atoms with Gasteiger partial charge in [0.25, 0.3) is 0 Å². The number of rotatable bonds is 4. The maximum absolute atomic E-state index is 13.6. The number of thiazole rings is 1. The Hall–Kier alpha value is -3.01. The van der Waals surface area contributed by atoms with Gasteiger partial charge in [-0.15, -0.1) is 11.3 Å². The van der Waals surface area contributed by atoms with E-state index in [4.69, 9.17) is 0 Å². The van der Waals surface area contributed by atoms with E-state index in [1.807, 2.05) is 23.8 Å². The molecule has 0 unspecified atom stereocenters. The number of carbonyl (C=O) groups is 1. The van der Waals surface area contributed by atoms with Crippen LogP contribution in [0.4, 0.5) is 4.39 Å². The van der Waals surface area contributed by atoms with Gasteiger partial charge >= 0.3 is 0 Å². The molecule has 1 aromatic carbocycles. The number of ketones is 1. The van der Waals surface area contributed by atoms with Crippen LogP contribution in [0.5, 0.6) is 11.6 Å². The molecule has 0 aliphatic carbocycles. The van der Waals surface area contributed by atoms with Gasteiger partial charge in [0, 0.05) is 15.8 Å². The zero-order valence-corrected chi connectivity index (χ0v) is 17.9. The van der Waals surface area contributed by atoms with E-state index in [0.717, 1.165) is 16.2 Å². The van der Waals surface area contributed by atoms with Crippen LogP contribution in [0, 0.1) is 12.7 Å². The van der Waals surface area contributed by atoms with E-state index >= 15 is 0 Å². The number of thiophene rings is 2. The van der Waals surface area contributed by atoms with E-state index in [1.54, 1.807) is 18.2 Å². The van der Waals surface area contributed by atoms with Crippen molar-refractivity contribution in [1.82, 2.24) is 9.55 Å². The molecule has 0 saturated carbocycles. The second-order valence-electron chi connectivity index (χ2n) is 6.59. The molecule has 2 N–H and O–H groups in total. The van der Waals surface area contributed by atoms with E-state index < -0.39 is 11.6 Å². The number of nitrogens with zero attached hydrogens (tertiary/aromatic N) is 2. The summed E-state index contributed by atoms with van der Waals surface area (Å²) in [6, 6.07) is 9.56. The molecule has 0 bridgehead atoms. The lowest BCUT2D eigenvalue weighted by Crippen LogP contribution is -2.02. The third-order valence-corrected chi connectivity index (χ3v) is 7.32. The summed E-state index contributed by atoms with van der Waals surface area (Å²) in [5.74, 6) is -1.75. The van der Waals surface area contributed by atoms with Gasteiger partial charge in [-0.3, -0.25) is 9.36 Å². The molecule has 0 saturated heterocycles. The van der Waals surface area contributed by atoms with Crippen molar-refractivity contribution in [3.63, 3.8) is 0 Å². The average Bonchev–Trinajstić information content (AvgIpc) is 3.49.